The van der Waals surface area contributed by atoms with Crippen molar-refractivity contribution < 1.29 is 0 Å². The van der Waals surface area contributed by atoms with Gasteiger partial charge in [0.25, 0.3) is 0 Å². The molecule has 0 spiro atoms. The molecule has 0 aliphatic heterocycles. The number of rotatable bonds is 4. The standard InChI is InChI=1S/C17H22N2/c1-5-18-17(15-8-6-12(2)7-9-15)16-14(4)10-13(3)11-19-16/h6-11,17-18H,5H2,1-4H3. The number of nitrogens with one attached hydrogen (secondary N) is 1. The average Bonchev–Trinajstić information content (AvgIpc) is 2.38. The SMILES string of the molecule is CCNC(c1ccc(C)cc1)c1ncc(C)cc1C. The second-order valence-corrected chi connectivity index (χ2v) is 5.12. The maximum atomic E-state index is 4.63. The van der Waals surface area contributed by atoms with Crippen molar-refractivity contribution in [2.45, 2.75) is 33.7 Å². The van der Waals surface area contributed by atoms with E-state index in [4.69, 9.17) is 0 Å². The van der Waals surface area contributed by atoms with E-state index >= 15 is 0 Å². The zero-order valence-corrected chi connectivity index (χ0v) is 12.2. The Morgan fingerprint density at radius 1 is 1.05 bits per heavy atom. The third-order valence-electron chi connectivity index (χ3n) is 3.35. The number of aromatic nitrogens is 1. The molecule has 2 rings (SSSR count). The first-order valence-corrected chi connectivity index (χ1v) is 6.85. The molecule has 1 aromatic carbocycles. The van der Waals surface area contributed by atoms with Gasteiger partial charge in [0.15, 0.2) is 0 Å². The first-order chi connectivity index (χ1) is 9.11. The minimum absolute atomic E-state index is 0.172. The quantitative estimate of drug-likeness (QED) is 0.899. The Kier molecular flexibility index (Phi) is 4.33. The number of pyridine rings is 1. The van der Waals surface area contributed by atoms with Crippen molar-refractivity contribution in [3.05, 3.63) is 64.5 Å². The summed E-state index contributed by atoms with van der Waals surface area (Å²) in [4.78, 5) is 4.63. The molecule has 1 N–H and O–H groups in total. The molecule has 0 aliphatic rings. The topological polar surface area (TPSA) is 24.9 Å². The van der Waals surface area contributed by atoms with E-state index in [0.29, 0.717) is 0 Å². The van der Waals surface area contributed by atoms with Gasteiger partial charge in [-0.1, -0.05) is 42.8 Å². The first-order valence-electron chi connectivity index (χ1n) is 6.85. The summed E-state index contributed by atoms with van der Waals surface area (Å²) in [5.74, 6) is 0. The highest BCUT2D eigenvalue weighted by atomic mass is 14.9. The van der Waals surface area contributed by atoms with E-state index in [1.165, 1.54) is 22.3 Å². The summed E-state index contributed by atoms with van der Waals surface area (Å²) >= 11 is 0. The normalized spacial score (nSPS) is 12.4. The van der Waals surface area contributed by atoms with Crippen molar-refractivity contribution in [2.75, 3.05) is 6.54 Å². The van der Waals surface area contributed by atoms with E-state index in [-0.39, 0.29) is 6.04 Å². The van der Waals surface area contributed by atoms with E-state index in [2.05, 4.69) is 68.3 Å². The highest BCUT2D eigenvalue weighted by Gasteiger charge is 2.16. The van der Waals surface area contributed by atoms with Crippen LogP contribution in [0.1, 0.15) is 40.9 Å². The fourth-order valence-electron chi connectivity index (χ4n) is 2.36. The molecular weight excluding hydrogens is 232 g/mol. The lowest BCUT2D eigenvalue weighted by molar-refractivity contribution is 0.611. The Balaban J connectivity index is 2.41. The molecule has 0 amide bonds. The lowest BCUT2D eigenvalue weighted by atomic mass is 9.98. The molecule has 2 nitrogen and oxygen atoms in total. The molecule has 1 atom stereocenters. The number of nitrogens with zero attached hydrogens (tertiary/aromatic N) is 1. The van der Waals surface area contributed by atoms with Gasteiger partial charge in [-0.3, -0.25) is 4.98 Å². The maximum Gasteiger partial charge on any atom is 0.0754 e. The smallest absolute Gasteiger partial charge is 0.0754 e. The third kappa shape index (κ3) is 3.21. The second kappa shape index (κ2) is 5.98. The fourth-order valence-corrected chi connectivity index (χ4v) is 2.36. The van der Waals surface area contributed by atoms with Crippen molar-refractivity contribution >= 4 is 0 Å². The van der Waals surface area contributed by atoms with Crippen molar-refractivity contribution in [2.24, 2.45) is 0 Å². The van der Waals surface area contributed by atoms with Crippen LogP contribution in [-0.4, -0.2) is 11.5 Å². The van der Waals surface area contributed by atoms with Gasteiger partial charge in [0.2, 0.25) is 0 Å². The predicted octanol–water partition coefficient (Wildman–Crippen LogP) is 3.71. The molecule has 0 fully saturated rings. The van der Waals surface area contributed by atoms with E-state index in [1.54, 1.807) is 0 Å². The summed E-state index contributed by atoms with van der Waals surface area (Å²) in [6, 6.07) is 11.0. The second-order valence-electron chi connectivity index (χ2n) is 5.12. The lowest BCUT2D eigenvalue weighted by Gasteiger charge is -2.20. The molecule has 1 aromatic heterocycles. The largest absolute Gasteiger partial charge is 0.305 e. The molecule has 0 aliphatic carbocycles. The Bertz CT molecular complexity index is 544. The van der Waals surface area contributed by atoms with E-state index < -0.39 is 0 Å². The molecule has 0 radical (unpaired) electrons. The van der Waals surface area contributed by atoms with Crippen LogP contribution in [0.5, 0.6) is 0 Å². The predicted molar refractivity (Wildman–Crippen MR) is 80.4 cm³/mol. The van der Waals surface area contributed by atoms with Gasteiger partial charge in [-0.05, 0) is 44.0 Å². The molecule has 0 saturated heterocycles. The van der Waals surface area contributed by atoms with Gasteiger partial charge in [0.05, 0.1) is 11.7 Å². The van der Waals surface area contributed by atoms with E-state index in [9.17, 15) is 0 Å². The number of hydrogen-bond donors (Lipinski definition) is 1. The van der Waals surface area contributed by atoms with Crippen LogP contribution in [0.25, 0.3) is 0 Å². The number of benzene rings is 1. The average molecular weight is 254 g/mol. The van der Waals surface area contributed by atoms with Gasteiger partial charge in [-0.25, -0.2) is 0 Å². The third-order valence-corrected chi connectivity index (χ3v) is 3.35. The minimum atomic E-state index is 0.172. The molecule has 2 aromatic rings. The van der Waals surface area contributed by atoms with Crippen LogP contribution < -0.4 is 5.32 Å². The fraction of sp³-hybridized carbons (Fsp3) is 0.353. The van der Waals surface area contributed by atoms with Gasteiger partial charge in [-0.15, -0.1) is 0 Å². The molecule has 1 heterocycles. The van der Waals surface area contributed by atoms with Gasteiger partial charge in [-0.2, -0.15) is 0 Å². The molecule has 2 heteroatoms. The Morgan fingerprint density at radius 3 is 2.32 bits per heavy atom. The molecule has 0 bridgehead atoms. The Hall–Kier alpha value is -1.67. The summed E-state index contributed by atoms with van der Waals surface area (Å²) in [6.45, 7) is 9.38. The zero-order chi connectivity index (χ0) is 13.8. The monoisotopic (exact) mass is 254 g/mol. The summed E-state index contributed by atoms with van der Waals surface area (Å²) in [6.07, 6.45) is 1.95. The maximum absolute atomic E-state index is 4.63. The van der Waals surface area contributed by atoms with Crippen LogP contribution >= 0.6 is 0 Å². The van der Waals surface area contributed by atoms with Crippen LogP contribution in [0.4, 0.5) is 0 Å². The van der Waals surface area contributed by atoms with E-state index in [1.807, 2.05) is 6.20 Å². The molecular formula is C17H22N2. The lowest BCUT2D eigenvalue weighted by Crippen LogP contribution is -2.23. The van der Waals surface area contributed by atoms with E-state index in [0.717, 1.165) is 12.2 Å². The van der Waals surface area contributed by atoms with Crippen molar-refractivity contribution in [3.63, 3.8) is 0 Å². The molecule has 100 valence electrons. The Morgan fingerprint density at radius 2 is 1.74 bits per heavy atom. The highest BCUT2D eigenvalue weighted by Crippen LogP contribution is 2.23. The first kappa shape index (κ1) is 13.8. The molecule has 19 heavy (non-hydrogen) atoms. The Labute approximate surface area is 115 Å². The van der Waals surface area contributed by atoms with Crippen LogP contribution in [0, 0.1) is 20.8 Å². The summed E-state index contributed by atoms with van der Waals surface area (Å²) in [7, 11) is 0. The summed E-state index contributed by atoms with van der Waals surface area (Å²) < 4.78 is 0. The van der Waals surface area contributed by atoms with Crippen molar-refractivity contribution in [3.8, 4) is 0 Å². The van der Waals surface area contributed by atoms with Crippen LogP contribution in [-0.2, 0) is 0 Å². The highest BCUT2D eigenvalue weighted by molar-refractivity contribution is 5.34. The minimum Gasteiger partial charge on any atom is -0.305 e. The van der Waals surface area contributed by atoms with Gasteiger partial charge in [0, 0.05) is 6.20 Å². The van der Waals surface area contributed by atoms with Gasteiger partial charge in [0.1, 0.15) is 0 Å². The van der Waals surface area contributed by atoms with Crippen LogP contribution in [0.3, 0.4) is 0 Å². The number of aryl methyl sites for hydroxylation is 3. The zero-order valence-electron chi connectivity index (χ0n) is 12.2. The molecule has 1 unspecified atom stereocenters. The summed E-state index contributed by atoms with van der Waals surface area (Å²) in [5.41, 5.74) is 6.13. The number of hydrogen-bond acceptors (Lipinski definition) is 2. The van der Waals surface area contributed by atoms with Crippen molar-refractivity contribution in [1.82, 2.24) is 10.3 Å². The molecule has 0 saturated carbocycles. The van der Waals surface area contributed by atoms with Crippen LogP contribution in [0.15, 0.2) is 36.5 Å². The van der Waals surface area contributed by atoms with Crippen molar-refractivity contribution in [1.29, 1.82) is 0 Å². The van der Waals surface area contributed by atoms with Gasteiger partial charge >= 0.3 is 0 Å². The van der Waals surface area contributed by atoms with Crippen LogP contribution in [0.2, 0.25) is 0 Å². The summed E-state index contributed by atoms with van der Waals surface area (Å²) in [5, 5.41) is 3.53. The van der Waals surface area contributed by atoms with Gasteiger partial charge < -0.3 is 5.32 Å².